The van der Waals surface area contributed by atoms with Gasteiger partial charge in [0, 0.05) is 0 Å². The molecular weight excluding hydrogens is 171 g/mol. The molecule has 1 aliphatic rings. The third-order valence-electron chi connectivity index (χ3n) is 2.24. The fourth-order valence-electron chi connectivity index (χ4n) is 1.33. The third-order valence-corrected chi connectivity index (χ3v) is 2.24. The van der Waals surface area contributed by atoms with Crippen molar-refractivity contribution < 1.29 is 13.9 Å². The van der Waals surface area contributed by atoms with Crippen molar-refractivity contribution in [1.29, 1.82) is 0 Å². The summed E-state index contributed by atoms with van der Waals surface area (Å²) in [6, 6.07) is 0. The molecule has 0 bridgehead atoms. The maximum absolute atomic E-state index is 13.1. The summed E-state index contributed by atoms with van der Waals surface area (Å²) in [6.07, 6.45) is 0.576. The predicted molar refractivity (Wildman–Crippen MR) is 48.1 cm³/mol. The topological polar surface area (TPSA) is 26.3 Å². The van der Waals surface area contributed by atoms with Crippen LogP contribution in [0.15, 0.2) is 0 Å². The number of halogens is 1. The van der Waals surface area contributed by atoms with Gasteiger partial charge in [0.1, 0.15) is 12.3 Å². The summed E-state index contributed by atoms with van der Waals surface area (Å²) in [4.78, 5) is 11.4. The van der Waals surface area contributed by atoms with Crippen molar-refractivity contribution in [1.82, 2.24) is 0 Å². The van der Waals surface area contributed by atoms with Gasteiger partial charge in [-0.1, -0.05) is 0 Å². The van der Waals surface area contributed by atoms with E-state index in [0.29, 0.717) is 12.8 Å². The minimum atomic E-state index is -0.953. The molecule has 76 valence electrons. The maximum Gasteiger partial charge on any atom is 0.311 e. The number of alkyl halides is 1. The first-order chi connectivity index (χ1) is 5.91. The molecule has 0 aromatic rings. The Bertz CT molecular complexity index is 196. The van der Waals surface area contributed by atoms with Crippen molar-refractivity contribution in [3.63, 3.8) is 0 Å². The fourth-order valence-corrected chi connectivity index (χ4v) is 1.33. The van der Waals surface area contributed by atoms with Crippen LogP contribution in [0.25, 0.3) is 0 Å². The molecule has 0 spiro atoms. The zero-order chi connectivity index (χ0) is 10.1. The molecular formula is C10H17FO2. The molecule has 1 aliphatic carbocycles. The fraction of sp³-hybridized carbons (Fsp3) is 0.900. The summed E-state index contributed by atoms with van der Waals surface area (Å²) in [5.41, 5.74) is -0.525. The first-order valence-electron chi connectivity index (χ1n) is 4.76. The Balaban J connectivity index is 2.45. The van der Waals surface area contributed by atoms with Crippen LogP contribution in [0.5, 0.6) is 0 Å². The van der Waals surface area contributed by atoms with E-state index in [0.717, 1.165) is 6.42 Å². The number of ether oxygens (including phenoxy) is 1. The largest absolute Gasteiger partial charge is 0.459 e. The lowest BCUT2D eigenvalue weighted by molar-refractivity contribution is -0.160. The van der Waals surface area contributed by atoms with E-state index in [4.69, 9.17) is 4.74 Å². The Labute approximate surface area is 78.5 Å². The Kier molecular flexibility index (Phi) is 2.94. The Hall–Kier alpha value is -0.600. The van der Waals surface area contributed by atoms with E-state index in [9.17, 15) is 9.18 Å². The first kappa shape index (κ1) is 10.5. The standard InChI is InChI=1S/C10H17FO2/c1-10(2,3)9(12)13-8-6-4-5-7(8)11/h7-8H,4-6H2,1-3H3/t7-,8-/m1/s1. The Morgan fingerprint density at radius 2 is 2.00 bits per heavy atom. The Morgan fingerprint density at radius 1 is 1.38 bits per heavy atom. The van der Waals surface area contributed by atoms with E-state index in [1.54, 1.807) is 20.8 Å². The number of carbonyl (C=O) groups excluding carboxylic acids is 1. The van der Waals surface area contributed by atoms with E-state index in [2.05, 4.69) is 0 Å². The zero-order valence-electron chi connectivity index (χ0n) is 8.47. The number of hydrogen-bond donors (Lipinski definition) is 0. The van der Waals surface area contributed by atoms with Crippen LogP contribution < -0.4 is 0 Å². The highest BCUT2D eigenvalue weighted by atomic mass is 19.1. The van der Waals surface area contributed by atoms with Gasteiger partial charge in [-0.05, 0) is 40.0 Å². The monoisotopic (exact) mass is 188 g/mol. The van der Waals surface area contributed by atoms with Crippen molar-refractivity contribution >= 4 is 5.97 Å². The van der Waals surface area contributed by atoms with Gasteiger partial charge in [-0.3, -0.25) is 4.79 Å². The average molecular weight is 188 g/mol. The molecule has 1 rings (SSSR count). The molecule has 13 heavy (non-hydrogen) atoms. The summed E-state index contributed by atoms with van der Waals surface area (Å²) < 4.78 is 18.1. The lowest BCUT2D eigenvalue weighted by Gasteiger charge is -2.21. The lowest BCUT2D eigenvalue weighted by atomic mass is 9.97. The van der Waals surface area contributed by atoms with Gasteiger partial charge in [-0.15, -0.1) is 0 Å². The smallest absolute Gasteiger partial charge is 0.311 e. The van der Waals surface area contributed by atoms with Gasteiger partial charge in [-0.25, -0.2) is 4.39 Å². The van der Waals surface area contributed by atoms with Gasteiger partial charge >= 0.3 is 5.97 Å². The molecule has 0 N–H and O–H groups in total. The number of esters is 1. The molecule has 0 aliphatic heterocycles. The van der Waals surface area contributed by atoms with E-state index < -0.39 is 17.7 Å². The van der Waals surface area contributed by atoms with Crippen molar-refractivity contribution in [3.8, 4) is 0 Å². The molecule has 0 aromatic carbocycles. The average Bonchev–Trinajstić information content (AvgIpc) is 2.34. The summed E-state index contributed by atoms with van der Waals surface area (Å²) in [5.74, 6) is -0.304. The minimum absolute atomic E-state index is 0.304. The molecule has 0 aromatic heterocycles. The Morgan fingerprint density at radius 3 is 2.38 bits per heavy atom. The van der Waals surface area contributed by atoms with Crippen molar-refractivity contribution in [3.05, 3.63) is 0 Å². The SMILES string of the molecule is CC(C)(C)C(=O)O[C@@H]1CCC[C@H]1F. The normalized spacial score (nSPS) is 28.9. The lowest BCUT2D eigenvalue weighted by Crippen LogP contribution is -2.30. The molecule has 0 unspecified atom stereocenters. The van der Waals surface area contributed by atoms with Gasteiger partial charge in [0.05, 0.1) is 5.41 Å². The van der Waals surface area contributed by atoms with Crippen LogP contribution in [0.4, 0.5) is 4.39 Å². The van der Waals surface area contributed by atoms with Gasteiger partial charge in [0.25, 0.3) is 0 Å². The number of carbonyl (C=O) groups is 1. The highest BCUT2D eigenvalue weighted by molar-refractivity contribution is 5.75. The van der Waals surface area contributed by atoms with Crippen LogP contribution in [0, 0.1) is 5.41 Å². The molecule has 3 heteroatoms. The third kappa shape index (κ3) is 2.68. The maximum atomic E-state index is 13.1. The molecule has 0 saturated heterocycles. The van der Waals surface area contributed by atoms with Crippen LogP contribution in [-0.2, 0) is 9.53 Å². The molecule has 1 saturated carbocycles. The number of hydrogen-bond acceptors (Lipinski definition) is 2. The highest BCUT2D eigenvalue weighted by Gasteiger charge is 2.33. The quantitative estimate of drug-likeness (QED) is 0.591. The molecule has 2 nitrogen and oxygen atoms in total. The number of rotatable bonds is 1. The second kappa shape index (κ2) is 3.64. The minimum Gasteiger partial charge on any atom is -0.459 e. The van der Waals surface area contributed by atoms with Crippen molar-refractivity contribution in [2.45, 2.75) is 52.3 Å². The van der Waals surface area contributed by atoms with Gasteiger partial charge in [-0.2, -0.15) is 0 Å². The summed E-state index contributed by atoms with van der Waals surface area (Å²) in [7, 11) is 0. The zero-order valence-corrected chi connectivity index (χ0v) is 8.47. The van der Waals surface area contributed by atoms with Crippen LogP contribution in [0.2, 0.25) is 0 Å². The van der Waals surface area contributed by atoms with Crippen LogP contribution in [-0.4, -0.2) is 18.2 Å². The van der Waals surface area contributed by atoms with Crippen LogP contribution in [0.3, 0.4) is 0 Å². The molecule has 0 heterocycles. The van der Waals surface area contributed by atoms with Crippen LogP contribution >= 0.6 is 0 Å². The summed E-state index contributed by atoms with van der Waals surface area (Å²) >= 11 is 0. The van der Waals surface area contributed by atoms with Gasteiger partial charge < -0.3 is 4.74 Å². The molecule has 2 atom stereocenters. The van der Waals surface area contributed by atoms with E-state index in [-0.39, 0.29) is 5.97 Å². The predicted octanol–water partition coefficient (Wildman–Crippen LogP) is 2.47. The summed E-state index contributed by atoms with van der Waals surface area (Å²) in [5, 5.41) is 0. The summed E-state index contributed by atoms with van der Waals surface area (Å²) in [6.45, 7) is 5.33. The van der Waals surface area contributed by atoms with Crippen LogP contribution in [0.1, 0.15) is 40.0 Å². The second-order valence-corrected chi connectivity index (χ2v) is 4.64. The van der Waals surface area contributed by atoms with Crippen molar-refractivity contribution in [2.24, 2.45) is 5.41 Å². The highest BCUT2D eigenvalue weighted by Crippen LogP contribution is 2.27. The van der Waals surface area contributed by atoms with Gasteiger partial charge in [0.2, 0.25) is 0 Å². The molecule has 0 radical (unpaired) electrons. The van der Waals surface area contributed by atoms with E-state index >= 15 is 0 Å². The first-order valence-corrected chi connectivity index (χ1v) is 4.76. The molecule has 0 amide bonds. The molecule has 1 fully saturated rings. The van der Waals surface area contributed by atoms with Gasteiger partial charge in [0.15, 0.2) is 0 Å². The second-order valence-electron chi connectivity index (χ2n) is 4.64. The van der Waals surface area contributed by atoms with Crippen molar-refractivity contribution in [2.75, 3.05) is 0 Å². The van der Waals surface area contributed by atoms with E-state index in [1.807, 2.05) is 0 Å². The van der Waals surface area contributed by atoms with E-state index in [1.165, 1.54) is 0 Å².